The lowest BCUT2D eigenvalue weighted by Gasteiger charge is -2.42. The fraction of sp³-hybridized carbons (Fsp3) is 0.519. The van der Waals surface area contributed by atoms with Gasteiger partial charge in [-0.3, -0.25) is 4.79 Å². The quantitative estimate of drug-likeness (QED) is 0.521. The molecule has 1 aromatic heterocycles. The van der Waals surface area contributed by atoms with Crippen LogP contribution in [0.15, 0.2) is 36.4 Å². The van der Waals surface area contributed by atoms with E-state index in [4.69, 9.17) is 4.74 Å². The summed E-state index contributed by atoms with van der Waals surface area (Å²) in [6, 6.07) is 10.9. The third-order valence-electron chi connectivity index (χ3n) is 6.25. The fourth-order valence-corrected chi connectivity index (χ4v) is 4.50. The number of amides is 2. The first-order chi connectivity index (χ1) is 16.8. The van der Waals surface area contributed by atoms with Crippen molar-refractivity contribution < 1.29 is 27.8 Å². The van der Waals surface area contributed by atoms with Crippen molar-refractivity contribution in [3.05, 3.63) is 53.2 Å². The molecular weight excluding hydrogens is 468 g/mol. The van der Waals surface area contributed by atoms with Crippen LogP contribution in [0.4, 0.5) is 19.3 Å². The Labute approximate surface area is 211 Å². The Morgan fingerprint density at radius 3 is 2.31 bits per heavy atom. The Balaban J connectivity index is 1.98. The van der Waals surface area contributed by atoms with Gasteiger partial charge in [0.2, 0.25) is 11.8 Å². The molecule has 1 aliphatic heterocycles. The molecule has 36 heavy (non-hydrogen) atoms. The van der Waals surface area contributed by atoms with E-state index in [0.717, 1.165) is 11.1 Å². The number of aromatic nitrogens is 1. The van der Waals surface area contributed by atoms with E-state index in [9.17, 15) is 18.4 Å². The highest BCUT2D eigenvalue weighted by atomic mass is 19.3. The molecule has 1 N–H and O–H groups in total. The molecule has 0 unspecified atom stereocenters. The summed E-state index contributed by atoms with van der Waals surface area (Å²) in [6.45, 7) is 8.71. The number of nitrogens with one attached hydrogen (secondary N) is 1. The largest absolute Gasteiger partial charge is 0.444 e. The Morgan fingerprint density at radius 2 is 1.72 bits per heavy atom. The SMILES string of the molecule is Cc1ccc(NC(=O)C2(c3ccccc3C(C)C)CCN(C(=O)OC(C)(C)C)CC2)c(OC(F)F)n1. The third-order valence-corrected chi connectivity index (χ3v) is 6.25. The molecule has 1 aromatic carbocycles. The molecule has 3 rings (SSSR count). The molecule has 9 heteroatoms. The molecular formula is C27H35F2N3O4. The maximum atomic E-state index is 14.0. The molecule has 1 aliphatic rings. The lowest BCUT2D eigenvalue weighted by molar-refractivity contribution is -0.123. The van der Waals surface area contributed by atoms with Gasteiger partial charge in [-0.05, 0) is 69.7 Å². The van der Waals surface area contributed by atoms with Crippen molar-refractivity contribution in [2.45, 2.75) is 77.9 Å². The first-order valence-electron chi connectivity index (χ1n) is 12.1. The van der Waals surface area contributed by atoms with Crippen molar-refractivity contribution in [1.29, 1.82) is 0 Å². The van der Waals surface area contributed by atoms with Crippen molar-refractivity contribution in [2.75, 3.05) is 18.4 Å². The molecule has 1 saturated heterocycles. The molecule has 0 aliphatic carbocycles. The minimum atomic E-state index is -3.08. The lowest BCUT2D eigenvalue weighted by Crippen LogP contribution is -2.52. The summed E-state index contributed by atoms with van der Waals surface area (Å²) in [7, 11) is 0. The van der Waals surface area contributed by atoms with E-state index in [1.54, 1.807) is 38.7 Å². The number of benzene rings is 1. The van der Waals surface area contributed by atoms with Gasteiger partial charge < -0.3 is 19.7 Å². The number of anilines is 1. The van der Waals surface area contributed by atoms with Gasteiger partial charge >= 0.3 is 12.7 Å². The lowest BCUT2D eigenvalue weighted by atomic mass is 9.69. The van der Waals surface area contributed by atoms with Crippen molar-refractivity contribution in [3.63, 3.8) is 0 Å². The minimum Gasteiger partial charge on any atom is -0.444 e. The molecule has 2 heterocycles. The summed E-state index contributed by atoms with van der Waals surface area (Å²) in [6.07, 6.45) is 0.252. The van der Waals surface area contributed by atoms with Gasteiger partial charge in [-0.2, -0.15) is 8.78 Å². The van der Waals surface area contributed by atoms with Crippen LogP contribution in [-0.4, -0.2) is 47.2 Å². The average Bonchev–Trinajstić information content (AvgIpc) is 2.79. The van der Waals surface area contributed by atoms with Crippen molar-refractivity contribution in [2.24, 2.45) is 0 Å². The van der Waals surface area contributed by atoms with Crippen molar-refractivity contribution >= 4 is 17.7 Å². The third kappa shape index (κ3) is 6.30. The standard InChI is InChI=1S/C27H35F2N3O4/c1-17(2)19-9-7-8-10-20(19)27(13-15-32(16-14-27)25(34)36-26(4,5)6)23(33)31-21-12-11-18(3)30-22(21)35-24(28)29/h7-12,17,24H,13-16H2,1-6H3,(H,31,33). The molecule has 0 spiro atoms. The van der Waals surface area contributed by atoms with Crippen LogP contribution in [0.25, 0.3) is 0 Å². The number of piperidine rings is 1. The van der Waals surface area contributed by atoms with E-state index in [2.05, 4.69) is 28.9 Å². The number of aryl methyl sites for hydroxylation is 1. The maximum Gasteiger partial charge on any atom is 0.410 e. The topological polar surface area (TPSA) is 80.8 Å². The predicted molar refractivity (Wildman–Crippen MR) is 133 cm³/mol. The molecule has 2 amide bonds. The van der Waals surface area contributed by atoms with Gasteiger partial charge in [0, 0.05) is 18.8 Å². The van der Waals surface area contributed by atoms with Crippen LogP contribution in [0.2, 0.25) is 0 Å². The summed E-state index contributed by atoms with van der Waals surface area (Å²) < 4.78 is 36.1. The second-order valence-electron chi connectivity index (χ2n) is 10.4. The molecule has 196 valence electrons. The van der Waals surface area contributed by atoms with Gasteiger partial charge in [0.25, 0.3) is 0 Å². The van der Waals surface area contributed by atoms with E-state index < -0.39 is 23.7 Å². The number of likely N-dealkylation sites (tertiary alicyclic amines) is 1. The normalized spacial score (nSPS) is 15.7. The number of carbonyl (C=O) groups excluding carboxylic acids is 2. The zero-order chi connectivity index (χ0) is 26.7. The van der Waals surface area contributed by atoms with Crippen LogP contribution in [0.3, 0.4) is 0 Å². The summed E-state index contributed by atoms with van der Waals surface area (Å²) in [5, 5.41) is 2.81. The Bertz CT molecular complexity index is 1090. The summed E-state index contributed by atoms with van der Waals surface area (Å²) in [5.41, 5.74) is 0.803. The van der Waals surface area contributed by atoms with Gasteiger partial charge in [0.1, 0.15) is 11.3 Å². The van der Waals surface area contributed by atoms with Crippen LogP contribution in [-0.2, 0) is 14.9 Å². The second-order valence-corrected chi connectivity index (χ2v) is 10.4. The second kappa shape index (κ2) is 10.8. The molecule has 0 bridgehead atoms. The molecule has 0 radical (unpaired) electrons. The Kier molecular flexibility index (Phi) is 8.21. The Morgan fingerprint density at radius 1 is 1.08 bits per heavy atom. The molecule has 2 aromatic rings. The van der Waals surface area contributed by atoms with Crippen LogP contribution in [0.1, 0.15) is 70.2 Å². The highest BCUT2D eigenvalue weighted by Gasteiger charge is 2.46. The average molecular weight is 504 g/mol. The van der Waals surface area contributed by atoms with E-state index >= 15 is 0 Å². The number of rotatable bonds is 6. The molecule has 7 nitrogen and oxygen atoms in total. The first kappa shape index (κ1) is 27.4. The Hall–Kier alpha value is -3.23. The van der Waals surface area contributed by atoms with E-state index in [1.807, 2.05) is 24.3 Å². The smallest absolute Gasteiger partial charge is 0.410 e. The van der Waals surface area contributed by atoms with E-state index in [1.165, 1.54) is 6.07 Å². The number of pyridine rings is 1. The zero-order valence-corrected chi connectivity index (χ0v) is 21.7. The van der Waals surface area contributed by atoms with Crippen molar-refractivity contribution in [1.82, 2.24) is 9.88 Å². The first-order valence-corrected chi connectivity index (χ1v) is 12.1. The highest BCUT2D eigenvalue weighted by molar-refractivity contribution is 6.00. The monoisotopic (exact) mass is 503 g/mol. The van der Waals surface area contributed by atoms with E-state index in [0.29, 0.717) is 31.6 Å². The maximum absolute atomic E-state index is 14.0. The number of carbonyl (C=O) groups is 2. The van der Waals surface area contributed by atoms with E-state index in [-0.39, 0.29) is 23.4 Å². The van der Waals surface area contributed by atoms with Gasteiger partial charge in [0.15, 0.2) is 0 Å². The number of halogens is 2. The number of alkyl halides is 2. The fourth-order valence-electron chi connectivity index (χ4n) is 4.50. The molecule has 0 saturated carbocycles. The summed E-state index contributed by atoms with van der Waals surface area (Å²) in [4.78, 5) is 32.3. The van der Waals surface area contributed by atoms with Gasteiger partial charge in [-0.1, -0.05) is 38.1 Å². The molecule has 1 fully saturated rings. The van der Waals surface area contributed by atoms with Crippen LogP contribution in [0.5, 0.6) is 5.88 Å². The van der Waals surface area contributed by atoms with Crippen LogP contribution < -0.4 is 10.1 Å². The van der Waals surface area contributed by atoms with Crippen LogP contribution >= 0.6 is 0 Å². The zero-order valence-electron chi connectivity index (χ0n) is 21.7. The van der Waals surface area contributed by atoms with Crippen molar-refractivity contribution in [3.8, 4) is 5.88 Å². The van der Waals surface area contributed by atoms with Crippen LogP contribution in [0, 0.1) is 6.92 Å². The number of hydrogen-bond donors (Lipinski definition) is 1. The van der Waals surface area contributed by atoms with Gasteiger partial charge in [0.05, 0.1) is 5.41 Å². The van der Waals surface area contributed by atoms with Gasteiger partial charge in [-0.25, -0.2) is 9.78 Å². The minimum absolute atomic E-state index is 0.0712. The van der Waals surface area contributed by atoms with Gasteiger partial charge in [-0.15, -0.1) is 0 Å². The summed E-state index contributed by atoms with van der Waals surface area (Å²) in [5.74, 6) is -0.547. The highest BCUT2D eigenvalue weighted by Crippen LogP contribution is 2.41. The summed E-state index contributed by atoms with van der Waals surface area (Å²) >= 11 is 0. The number of nitrogens with zero attached hydrogens (tertiary/aromatic N) is 2. The molecule has 0 atom stereocenters. The number of ether oxygens (including phenoxy) is 2. The predicted octanol–water partition coefficient (Wildman–Crippen LogP) is 6.02. The number of hydrogen-bond acceptors (Lipinski definition) is 5.